The van der Waals surface area contributed by atoms with Crippen molar-refractivity contribution in [2.24, 2.45) is 0 Å². The van der Waals surface area contributed by atoms with Crippen LogP contribution < -0.4 is 15.2 Å². The van der Waals surface area contributed by atoms with Crippen LogP contribution in [0.25, 0.3) is 0 Å². The van der Waals surface area contributed by atoms with Gasteiger partial charge in [0.1, 0.15) is 31.1 Å². The van der Waals surface area contributed by atoms with Crippen molar-refractivity contribution >= 4 is 35.1 Å². The van der Waals surface area contributed by atoms with Gasteiger partial charge in [-0.1, -0.05) is 72.3 Å². The molecule has 3 atom stereocenters. The highest BCUT2D eigenvalue weighted by molar-refractivity contribution is 7.98. The number of Topliss-reactive ketones (excluding diaryl/α,β-unsaturated/α-hetero) is 1. The number of thioether (sulfide) groups is 1. The van der Waals surface area contributed by atoms with Crippen molar-refractivity contribution in [3.63, 3.8) is 0 Å². The van der Waals surface area contributed by atoms with Gasteiger partial charge in [0.05, 0.1) is 5.41 Å². The molecule has 7 nitrogen and oxygen atoms in total. The first-order chi connectivity index (χ1) is 22.4. The van der Waals surface area contributed by atoms with E-state index < -0.39 is 47.4 Å². The lowest BCUT2D eigenvalue weighted by molar-refractivity contribution is -0.173. The third kappa shape index (κ3) is 5.29. The van der Waals surface area contributed by atoms with E-state index in [0.29, 0.717) is 26.8 Å². The average Bonchev–Trinajstić information content (AvgIpc) is 3.71. The zero-order valence-electron chi connectivity index (χ0n) is 25.4. The first-order valence-electron chi connectivity index (χ1n) is 15.0. The van der Waals surface area contributed by atoms with E-state index >= 15 is 0 Å². The lowest BCUT2D eigenvalue weighted by Crippen LogP contribution is -2.60. The van der Waals surface area contributed by atoms with E-state index in [-0.39, 0.29) is 30.1 Å². The third-order valence-electron chi connectivity index (χ3n) is 9.26. The van der Waals surface area contributed by atoms with Crippen LogP contribution >= 0.6 is 23.4 Å². The van der Waals surface area contributed by atoms with Gasteiger partial charge < -0.3 is 9.64 Å². The van der Waals surface area contributed by atoms with Crippen LogP contribution in [0.3, 0.4) is 0 Å². The summed E-state index contributed by atoms with van der Waals surface area (Å²) in [6, 6.07) is 19.0. The largest absolute Gasteiger partial charge is 0.482 e. The summed E-state index contributed by atoms with van der Waals surface area (Å²) in [4.78, 5) is 42.7. The van der Waals surface area contributed by atoms with Gasteiger partial charge in [0.15, 0.2) is 11.4 Å². The van der Waals surface area contributed by atoms with Crippen LogP contribution in [0.2, 0.25) is 5.02 Å². The molecule has 0 N–H and O–H groups in total. The predicted octanol–water partition coefficient (Wildman–Crippen LogP) is 7.01. The highest BCUT2D eigenvalue weighted by atomic mass is 35.5. The summed E-state index contributed by atoms with van der Waals surface area (Å²) in [5.74, 6) is -1.02. The van der Waals surface area contributed by atoms with E-state index in [4.69, 9.17) is 16.3 Å². The second-order valence-corrected chi connectivity index (χ2v) is 13.6. The van der Waals surface area contributed by atoms with Crippen molar-refractivity contribution in [3.8, 4) is 5.75 Å². The number of ether oxygens (including phenoxy) is 1. The maximum Gasteiger partial charge on any atom is 0.408 e. The van der Waals surface area contributed by atoms with Crippen LogP contribution in [0.1, 0.15) is 64.6 Å². The molecule has 3 aromatic carbocycles. The lowest BCUT2D eigenvalue weighted by atomic mass is 9.93. The van der Waals surface area contributed by atoms with Crippen LogP contribution in [0.4, 0.5) is 13.2 Å². The number of carbonyl (C=O) groups excluding carboxylic acids is 2. The molecule has 12 heteroatoms. The smallest absolute Gasteiger partial charge is 0.408 e. The van der Waals surface area contributed by atoms with Crippen molar-refractivity contribution in [1.29, 1.82) is 0 Å². The van der Waals surface area contributed by atoms with Gasteiger partial charge in [-0.25, -0.2) is 0 Å². The van der Waals surface area contributed by atoms with Crippen molar-refractivity contribution in [1.82, 2.24) is 9.58 Å². The minimum atomic E-state index is -4.77. The summed E-state index contributed by atoms with van der Waals surface area (Å²) < 4.78 is 50.7. The first kappa shape index (κ1) is 31.4. The van der Waals surface area contributed by atoms with Gasteiger partial charge in [0, 0.05) is 39.4 Å². The Morgan fingerprint density at radius 1 is 1.02 bits per heavy atom. The molecule has 1 aliphatic carbocycles. The van der Waals surface area contributed by atoms with E-state index in [0.717, 1.165) is 22.9 Å². The van der Waals surface area contributed by atoms with Gasteiger partial charge >= 0.3 is 6.18 Å². The SMILES string of the molecule is C[C@@H](N1CN([C@@H]2c3ccccc3SCc3cccc(Cl)c32)n2cc(C3(C)CC3=O)c(=O)c(OCc3ccccc3)c2C1=O)C(F)(F)F. The Morgan fingerprint density at radius 3 is 2.43 bits per heavy atom. The van der Waals surface area contributed by atoms with Crippen molar-refractivity contribution in [3.05, 3.63) is 128 Å². The van der Waals surface area contributed by atoms with E-state index in [1.54, 1.807) is 54.0 Å². The topological polar surface area (TPSA) is 71.8 Å². The zero-order valence-corrected chi connectivity index (χ0v) is 27.0. The highest BCUT2D eigenvalue weighted by Gasteiger charge is 2.54. The number of nitrogens with zero attached hydrogens (tertiary/aromatic N) is 3. The quantitative estimate of drug-likeness (QED) is 0.219. The normalized spacial score (nSPS) is 21.0. The number of benzene rings is 3. The Morgan fingerprint density at radius 2 is 1.72 bits per heavy atom. The molecule has 1 amide bonds. The fourth-order valence-corrected chi connectivity index (χ4v) is 7.72. The van der Waals surface area contributed by atoms with E-state index in [9.17, 15) is 27.6 Å². The van der Waals surface area contributed by atoms with Crippen molar-refractivity contribution in [2.75, 3.05) is 11.7 Å². The summed E-state index contributed by atoms with van der Waals surface area (Å²) in [5.41, 5.74) is 0.936. The van der Waals surface area contributed by atoms with Gasteiger partial charge in [0.2, 0.25) is 5.43 Å². The number of hydrogen-bond donors (Lipinski definition) is 0. The minimum absolute atomic E-state index is 0.111. The molecule has 0 spiro atoms. The molecule has 242 valence electrons. The second-order valence-electron chi connectivity index (χ2n) is 12.2. The van der Waals surface area contributed by atoms with Crippen LogP contribution in [-0.2, 0) is 22.6 Å². The number of aromatic nitrogens is 1. The lowest BCUT2D eigenvalue weighted by Gasteiger charge is -2.46. The maximum atomic E-state index is 14.4. The van der Waals surface area contributed by atoms with Gasteiger partial charge in [0.25, 0.3) is 5.91 Å². The second kappa shape index (κ2) is 11.5. The monoisotopic (exact) mass is 679 g/mol. The Hall–Kier alpha value is -4.22. The molecular formula is C35H29ClF3N3O4S. The number of halogens is 4. The Labute approximate surface area is 277 Å². The summed E-state index contributed by atoms with van der Waals surface area (Å²) in [5, 5.41) is 2.04. The fraction of sp³-hybridized carbons (Fsp3) is 0.286. The number of pyridine rings is 1. The third-order valence-corrected chi connectivity index (χ3v) is 10.7. The van der Waals surface area contributed by atoms with Crippen molar-refractivity contribution < 1.29 is 27.5 Å². The molecule has 47 heavy (non-hydrogen) atoms. The van der Waals surface area contributed by atoms with Gasteiger partial charge in [-0.3, -0.25) is 24.1 Å². The molecule has 0 bridgehead atoms. The first-order valence-corrected chi connectivity index (χ1v) is 16.4. The fourth-order valence-electron chi connectivity index (χ4n) is 6.33. The predicted molar refractivity (Wildman–Crippen MR) is 173 cm³/mol. The number of hydrogen-bond acceptors (Lipinski definition) is 6. The van der Waals surface area contributed by atoms with Crippen molar-refractivity contribution in [2.45, 2.75) is 61.2 Å². The minimum Gasteiger partial charge on any atom is -0.482 e. The standard InChI is InChI=1S/C35H29ClF3N3O4S/c1-20(35(37,38)39)40-19-42(29-23-12-6-7-14-26(23)47-18-22-11-8-13-25(36)28(22)29)41-16-24(34(2)15-27(34)43)31(44)32(30(41)33(40)45)46-17-21-9-4-3-5-10-21/h3-14,16,20,29H,15,17-19H2,1-2H3/t20-,29-,34?/m1/s1. The number of carbonyl (C=O) groups is 2. The summed E-state index contributed by atoms with van der Waals surface area (Å²) in [6.45, 7) is 1.95. The van der Waals surface area contributed by atoms with Crippen LogP contribution in [0, 0.1) is 0 Å². The van der Waals surface area contributed by atoms with Gasteiger partial charge in [-0.2, -0.15) is 13.2 Å². The Kier molecular flexibility index (Phi) is 7.67. The molecule has 4 aromatic rings. The summed E-state index contributed by atoms with van der Waals surface area (Å²) in [6.07, 6.45) is -3.22. The van der Waals surface area contributed by atoms with E-state index in [2.05, 4.69) is 0 Å². The maximum absolute atomic E-state index is 14.4. The molecule has 1 fully saturated rings. The van der Waals surface area contributed by atoms with Crippen LogP contribution in [0.5, 0.6) is 5.75 Å². The van der Waals surface area contributed by atoms with Gasteiger partial charge in [-0.15, -0.1) is 11.8 Å². The van der Waals surface area contributed by atoms with E-state index in [1.807, 2.05) is 42.5 Å². The number of fused-ring (bicyclic) bond motifs is 3. The molecule has 1 aromatic heterocycles. The van der Waals surface area contributed by atoms with Crippen LogP contribution in [-0.4, -0.2) is 40.2 Å². The molecule has 7 rings (SSSR count). The number of alkyl halides is 3. The number of rotatable bonds is 6. The average molecular weight is 680 g/mol. The Balaban J connectivity index is 1.52. The Bertz CT molecular complexity index is 1990. The molecular weight excluding hydrogens is 651 g/mol. The molecule has 1 saturated carbocycles. The zero-order chi connectivity index (χ0) is 33.2. The molecule has 0 radical (unpaired) electrons. The molecule has 2 aliphatic heterocycles. The molecule has 3 aliphatic rings. The van der Waals surface area contributed by atoms with Gasteiger partial charge in [-0.05, 0) is 42.7 Å². The molecule has 0 saturated heterocycles. The summed E-state index contributed by atoms with van der Waals surface area (Å²) >= 11 is 8.48. The molecule has 1 unspecified atom stereocenters. The van der Waals surface area contributed by atoms with Crippen LogP contribution in [0.15, 0.2) is 88.7 Å². The highest BCUT2D eigenvalue weighted by Crippen LogP contribution is 2.47. The number of amides is 1. The van der Waals surface area contributed by atoms with E-state index in [1.165, 1.54) is 10.9 Å². The summed E-state index contributed by atoms with van der Waals surface area (Å²) in [7, 11) is 0. The molecule has 3 heterocycles. The number of ketones is 1.